The highest BCUT2D eigenvalue weighted by Gasteiger charge is 2.25. The Kier molecular flexibility index (Phi) is 4.90. The molecule has 4 nitrogen and oxygen atoms in total. The minimum atomic E-state index is 0.244. The molecule has 0 saturated heterocycles. The molecule has 0 aliphatic heterocycles. The lowest BCUT2D eigenvalue weighted by atomic mass is 9.91. The molecule has 118 valence electrons. The van der Waals surface area contributed by atoms with E-state index >= 15 is 0 Å². The molecule has 2 atom stereocenters. The fourth-order valence-corrected chi connectivity index (χ4v) is 3.45. The predicted molar refractivity (Wildman–Crippen MR) is 87.5 cm³/mol. The summed E-state index contributed by atoms with van der Waals surface area (Å²) in [5.41, 5.74) is 4.00. The minimum Gasteiger partial charge on any atom is -0.396 e. The monoisotopic (exact) mass is 299 g/mol. The summed E-state index contributed by atoms with van der Waals surface area (Å²) in [6.45, 7) is 0.244. The Labute approximate surface area is 132 Å². The highest BCUT2D eigenvalue weighted by atomic mass is 16.2. The quantitative estimate of drug-likeness (QED) is 0.862. The zero-order valence-corrected chi connectivity index (χ0v) is 13.2. The van der Waals surface area contributed by atoms with Crippen LogP contribution in [0, 0.1) is 0 Å². The largest absolute Gasteiger partial charge is 0.396 e. The van der Waals surface area contributed by atoms with Gasteiger partial charge in [-0.3, -0.25) is 4.68 Å². The first-order valence-electron chi connectivity index (χ1n) is 8.22. The maximum Gasteiger partial charge on any atom is 0.0540 e. The van der Waals surface area contributed by atoms with E-state index < -0.39 is 0 Å². The second-order valence-corrected chi connectivity index (χ2v) is 6.11. The van der Waals surface area contributed by atoms with Crippen LogP contribution < -0.4 is 5.32 Å². The van der Waals surface area contributed by atoms with Gasteiger partial charge in [-0.2, -0.15) is 5.10 Å². The van der Waals surface area contributed by atoms with Crippen molar-refractivity contribution in [2.24, 2.45) is 7.05 Å². The average molecular weight is 299 g/mol. The molecule has 2 aromatic rings. The van der Waals surface area contributed by atoms with Crippen molar-refractivity contribution in [1.29, 1.82) is 0 Å². The number of benzene rings is 1. The maximum atomic E-state index is 9.19. The first-order chi connectivity index (χ1) is 10.8. The molecule has 3 rings (SSSR count). The van der Waals surface area contributed by atoms with Crippen LogP contribution in [0.1, 0.15) is 54.6 Å². The van der Waals surface area contributed by atoms with E-state index in [1.165, 1.54) is 23.2 Å². The standard InChI is InChI=1S/C18H25N3O/c1-21-18-11-5-9-17(15(18)13-19-21)20-16(10-6-12-22)14-7-3-2-4-8-14/h2-4,7-8,13,16-17,20,22H,5-6,9-12H2,1H3. The fourth-order valence-electron chi connectivity index (χ4n) is 3.45. The van der Waals surface area contributed by atoms with Gasteiger partial charge in [-0.15, -0.1) is 0 Å². The number of aliphatic hydroxyl groups is 1. The third-order valence-corrected chi connectivity index (χ3v) is 4.63. The molecule has 1 aromatic heterocycles. The van der Waals surface area contributed by atoms with Crippen molar-refractivity contribution in [3.63, 3.8) is 0 Å². The van der Waals surface area contributed by atoms with E-state index in [2.05, 4.69) is 34.7 Å². The highest BCUT2D eigenvalue weighted by Crippen LogP contribution is 2.32. The normalized spacial score (nSPS) is 18.9. The van der Waals surface area contributed by atoms with Crippen LogP contribution in [0.2, 0.25) is 0 Å². The summed E-state index contributed by atoms with van der Waals surface area (Å²) in [7, 11) is 2.03. The molecule has 2 unspecified atom stereocenters. The third-order valence-electron chi connectivity index (χ3n) is 4.63. The molecule has 1 aromatic carbocycles. The van der Waals surface area contributed by atoms with Gasteiger partial charge >= 0.3 is 0 Å². The zero-order chi connectivity index (χ0) is 15.4. The van der Waals surface area contributed by atoms with Gasteiger partial charge in [0.25, 0.3) is 0 Å². The summed E-state index contributed by atoms with van der Waals surface area (Å²) >= 11 is 0. The zero-order valence-electron chi connectivity index (χ0n) is 13.2. The smallest absolute Gasteiger partial charge is 0.0540 e. The van der Waals surface area contributed by atoms with Crippen LogP contribution in [0.4, 0.5) is 0 Å². The maximum absolute atomic E-state index is 9.19. The first kappa shape index (κ1) is 15.3. The lowest BCUT2D eigenvalue weighted by Crippen LogP contribution is -2.29. The Balaban J connectivity index is 1.79. The molecule has 0 spiro atoms. The van der Waals surface area contributed by atoms with Crippen molar-refractivity contribution in [1.82, 2.24) is 15.1 Å². The van der Waals surface area contributed by atoms with Crippen molar-refractivity contribution in [2.45, 2.75) is 44.2 Å². The molecule has 0 saturated carbocycles. The van der Waals surface area contributed by atoms with Crippen LogP contribution in [-0.4, -0.2) is 21.5 Å². The number of nitrogens with one attached hydrogen (secondary N) is 1. The second kappa shape index (κ2) is 7.07. The predicted octanol–water partition coefficient (Wildman–Crippen LogP) is 2.90. The number of aromatic nitrogens is 2. The van der Waals surface area contributed by atoms with E-state index in [4.69, 9.17) is 0 Å². The summed E-state index contributed by atoms with van der Waals surface area (Å²) in [4.78, 5) is 0. The summed E-state index contributed by atoms with van der Waals surface area (Å²) in [5.74, 6) is 0. The van der Waals surface area contributed by atoms with Gasteiger partial charge in [-0.05, 0) is 37.7 Å². The van der Waals surface area contributed by atoms with Gasteiger partial charge in [-0.1, -0.05) is 30.3 Å². The highest BCUT2D eigenvalue weighted by molar-refractivity contribution is 5.26. The van der Waals surface area contributed by atoms with E-state index in [0.717, 1.165) is 25.7 Å². The molecule has 4 heteroatoms. The van der Waals surface area contributed by atoms with Crippen LogP contribution >= 0.6 is 0 Å². The van der Waals surface area contributed by atoms with E-state index in [1.54, 1.807) is 0 Å². The van der Waals surface area contributed by atoms with Gasteiger partial charge < -0.3 is 10.4 Å². The number of hydrogen-bond acceptors (Lipinski definition) is 3. The van der Waals surface area contributed by atoms with Crippen molar-refractivity contribution in [3.05, 3.63) is 53.3 Å². The SMILES string of the molecule is Cn1ncc2c1CCCC2NC(CCCO)c1ccccc1. The lowest BCUT2D eigenvalue weighted by Gasteiger charge is -2.29. The average Bonchev–Trinajstić information content (AvgIpc) is 2.94. The number of aliphatic hydroxyl groups excluding tert-OH is 1. The summed E-state index contributed by atoms with van der Waals surface area (Å²) in [5, 5.41) is 17.4. The van der Waals surface area contributed by atoms with Crippen molar-refractivity contribution in [2.75, 3.05) is 6.61 Å². The second-order valence-electron chi connectivity index (χ2n) is 6.11. The Morgan fingerprint density at radius 2 is 2.18 bits per heavy atom. The van der Waals surface area contributed by atoms with E-state index in [0.29, 0.717) is 6.04 Å². The lowest BCUT2D eigenvalue weighted by molar-refractivity contribution is 0.269. The van der Waals surface area contributed by atoms with E-state index in [-0.39, 0.29) is 12.6 Å². The number of fused-ring (bicyclic) bond motifs is 1. The molecular weight excluding hydrogens is 274 g/mol. The van der Waals surface area contributed by atoms with E-state index in [1.807, 2.05) is 24.0 Å². The Bertz CT molecular complexity index is 594. The molecule has 0 bridgehead atoms. The van der Waals surface area contributed by atoms with Gasteiger partial charge in [0.05, 0.1) is 6.20 Å². The molecule has 0 radical (unpaired) electrons. The van der Waals surface area contributed by atoms with E-state index in [9.17, 15) is 5.11 Å². The van der Waals surface area contributed by atoms with Crippen LogP contribution in [-0.2, 0) is 13.5 Å². The Hall–Kier alpha value is -1.65. The van der Waals surface area contributed by atoms with Crippen molar-refractivity contribution >= 4 is 0 Å². The van der Waals surface area contributed by atoms with Crippen molar-refractivity contribution in [3.8, 4) is 0 Å². The number of rotatable bonds is 6. The molecule has 0 amide bonds. The Morgan fingerprint density at radius 3 is 2.95 bits per heavy atom. The molecule has 2 N–H and O–H groups in total. The molecule has 22 heavy (non-hydrogen) atoms. The number of aryl methyl sites for hydroxylation is 1. The summed E-state index contributed by atoms with van der Waals surface area (Å²) < 4.78 is 2.01. The van der Waals surface area contributed by atoms with Crippen molar-refractivity contribution < 1.29 is 5.11 Å². The fraction of sp³-hybridized carbons (Fsp3) is 0.500. The van der Waals surface area contributed by atoms with Crippen LogP contribution in [0.15, 0.2) is 36.5 Å². The molecular formula is C18H25N3O. The number of hydrogen-bond donors (Lipinski definition) is 2. The van der Waals surface area contributed by atoms with Gasteiger partial charge in [0, 0.05) is 37.0 Å². The molecule has 1 aliphatic rings. The molecule has 1 aliphatic carbocycles. The van der Waals surface area contributed by atoms with Gasteiger partial charge in [-0.25, -0.2) is 0 Å². The van der Waals surface area contributed by atoms with Crippen LogP contribution in [0.25, 0.3) is 0 Å². The van der Waals surface area contributed by atoms with Gasteiger partial charge in [0.1, 0.15) is 0 Å². The minimum absolute atomic E-state index is 0.244. The topological polar surface area (TPSA) is 50.1 Å². The Morgan fingerprint density at radius 1 is 1.36 bits per heavy atom. The summed E-state index contributed by atoms with van der Waals surface area (Å²) in [6.07, 6.45) is 7.26. The van der Waals surface area contributed by atoms with Gasteiger partial charge in [0.2, 0.25) is 0 Å². The molecule has 0 fully saturated rings. The molecule has 1 heterocycles. The van der Waals surface area contributed by atoms with Gasteiger partial charge in [0.15, 0.2) is 0 Å². The van der Waals surface area contributed by atoms with Crippen LogP contribution in [0.3, 0.4) is 0 Å². The van der Waals surface area contributed by atoms with Crippen LogP contribution in [0.5, 0.6) is 0 Å². The first-order valence-corrected chi connectivity index (χ1v) is 8.22. The third kappa shape index (κ3) is 3.23. The number of nitrogens with zero attached hydrogens (tertiary/aromatic N) is 2. The summed E-state index contributed by atoms with van der Waals surface area (Å²) in [6, 6.07) is 11.2.